The average molecular weight is 431 g/mol. The number of halogens is 2. The van der Waals surface area contributed by atoms with Crippen molar-refractivity contribution >= 4 is 51.7 Å². The molecule has 0 spiro atoms. The van der Waals surface area contributed by atoms with E-state index in [4.69, 9.17) is 23.2 Å². The third-order valence-corrected chi connectivity index (χ3v) is 5.91. The number of rotatable bonds is 3. The number of pyridine rings is 1. The van der Waals surface area contributed by atoms with Crippen molar-refractivity contribution in [3.8, 4) is 0 Å². The van der Waals surface area contributed by atoms with Gasteiger partial charge in [0, 0.05) is 37.2 Å². The Hall–Kier alpha value is -2.57. The molecule has 4 rings (SSSR count). The quantitative estimate of drug-likeness (QED) is 0.670. The molecule has 2 amide bonds. The van der Waals surface area contributed by atoms with Crippen LogP contribution in [0.15, 0.2) is 42.6 Å². The van der Waals surface area contributed by atoms with Crippen LogP contribution in [0.3, 0.4) is 0 Å². The fourth-order valence-electron chi connectivity index (χ4n) is 3.79. The van der Waals surface area contributed by atoms with E-state index in [0.29, 0.717) is 41.1 Å². The summed E-state index contributed by atoms with van der Waals surface area (Å²) in [5.74, 6) is -0.172. The molecule has 1 aliphatic heterocycles. The van der Waals surface area contributed by atoms with Gasteiger partial charge in [-0.15, -0.1) is 0 Å². The monoisotopic (exact) mass is 430 g/mol. The Morgan fingerprint density at radius 3 is 2.69 bits per heavy atom. The number of aromatic nitrogens is 2. The molecule has 0 bridgehead atoms. The Bertz CT molecular complexity index is 1040. The van der Waals surface area contributed by atoms with Crippen molar-refractivity contribution in [3.05, 3.63) is 58.3 Å². The Morgan fingerprint density at radius 2 is 1.97 bits per heavy atom. The Balaban J connectivity index is 1.52. The van der Waals surface area contributed by atoms with Crippen molar-refractivity contribution in [2.24, 2.45) is 13.0 Å². The van der Waals surface area contributed by atoms with E-state index in [1.54, 1.807) is 17.0 Å². The Kier molecular flexibility index (Phi) is 5.48. The standard InChI is InChI=1S/C21H20Cl2N4O2/c1-26-16-7-3-2-6-15(16)18(23)19(26)21(29)27-10-4-5-13(12-27)20(28)25-17-9-8-14(22)11-24-17/h2-3,6-9,11,13H,4-5,10,12H2,1H3,(H,24,25,28). The minimum atomic E-state index is -0.307. The lowest BCUT2D eigenvalue weighted by Crippen LogP contribution is -2.44. The van der Waals surface area contributed by atoms with E-state index in [9.17, 15) is 9.59 Å². The molecular formula is C21H20Cl2N4O2. The average Bonchev–Trinajstić information content (AvgIpc) is 3.00. The van der Waals surface area contributed by atoms with E-state index in [0.717, 1.165) is 17.3 Å². The second kappa shape index (κ2) is 8.05. The first-order valence-electron chi connectivity index (χ1n) is 9.40. The van der Waals surface area contributed by atoms with Crippen LogP contribution in [-0.4, -0.2) is 39.4 Å². The summed E-state index contributed by atoms with van der Waals surface area (Å²) in [6, 6.07) is 11.0. The first-order valence-corrected chi connectivity index (χ1v) is 10.2. The van der Waals surface area contributed by atoms with Gasteiger partial charge in [-0.05, 0) is 31.0 Å². The number of nitrogens with one attached hydrogen (secondary N) is 1. The molecule has 6 nitrogen and oxygen atoms in total. The maximum atomic E-state index is 13.2. The van der Waals surface area contributed by atoms with E-state index in [1.165, 1.54) is 6.20 Å². The van der Waals surface area contributed by atoms with E-state index in [2.05, 4.69) is 10.3 Å². The Morgan fingerprint density at radius 1 is 1.17 bits per heavy atom. The van der Waals surface area contributed by atoms with Crippen molar-refractivity contribution in [2.75, 3.05) is 18.4 Å². The number of anilines is 1. The highest BCUT2D eigenvalue weighted by atomic mass is 35.5. The highest BCUT2D eigenvalue weighted by molar-refractivity contribution is 6.38. The van der Waals surface area contributed by atoms with Crippen LogP contribution in [0, 0.1) is 5.92 Å². The highest BCUT2D eigenvalue weighted by Crippen LogP contribution is 2.31. The zero-order chi connectivity index (χ0) is 20.5. The van der Waals surface area contributed by atoms with E-state index < -0.39 is 0 Å². The number of amides is 2. The molecule has 0 saturated carbocycles. The fraction of sp³-hybridized carbons (Fsp3) is 0.286. The molecule has 1 atom stereocenters. The van der Waals surface area contributed by atoms with Crippen LogP contribution in [-0.2, 0) is 11.8 Å². The summed E-state index contributed by atoms with van der Waals surface area (Å²) in [4.78, 5) is 31.7. The molecular weight excluding hydrogens is 411 g/mol. The molecule has 1 fully saturated rings. The van der Waals surface area contributed by atoms with Gasteiger partial charge in [-0.25, -0.2) is 4.98 Å². The third-order valence-electron chi connectivity index (χ3n) is 5.31. The van der Waals surface area contributed by atoms with Gasteiger partial charge in [0.15, 0.2) is 0 Å². The van der Waals surface area contributed by atoms with Crippen LogP contribution in [0.4, 0.5) is 5.82 Å². The second-order valence-electron chi connectivity index (χ2n) is 7.18. The van der Waals surface area contributed by atoms with Gasteiger partial charge in [0.2, 0.25) is 5.91 Å². The first kappa shape index (κ1) is 19.7. The largest absolute Gasteiger partial charge is 0.338 e. The molecule has 8 heteroatoms. The van der Waals surface area contributed by atoms with Gasteiger partial charge in [-0.2, -0.15) is 0 Å². The highest BCUT2D eigenvalue weighted by Gasteiger charge is 2.31. The number of nitrogens with zero attached hydrogens (tertiary/aromatic N) is 3. The maximum absolute atomic E-state index is 13.2. The van der Waals surface area contributed by atoms with Crippen LogP contribution >= 0.6 is 23.2 Å². The number of aryl methyl sites for hydroxylation is 1. The predicted molar refractivity (Wildman–Crippen MR) is 114 cm³/mol. The summed E-state index contributed by atoms with van der Waals surface area (Å²) in [6.45, 7) is 0.940. The zero-order valence-corrected chi connectivity index (χ0v) is 17.4. The van der Waals surface area contributed by atoms with Crippen molar-refractivity contribution in [1.82, 2.24) is 14.5 Å². The summed E-state index contributed by atoms with van der Waals surface area (Å²) in [6.07, 6.45) is 2.95. The summed E-state index contributed by atoms with van der Waals surface area (Å²) in [5, 5.41) is 4.60. The number of hydrogen-bond acceptors (Lipinski definition) is 3. The number of fused-ring (bicyclic) bond motifs is 1. The lowest BCUT2D eigenvalue weighted by atomic mass is 9.97. The number of carbonyl (C=O) groups excluding carboxylic acids is 2. The molecule has 29 heavy (non-hydrogen) atoms. The molecule has 1 unspecified atom stereocenters. The van der Waals surface area contributed by atoms with Crippen molar-refractivity contribution in [3.63, 3.8) is 0 Å². The fourth-order valence-corrected chi connectivity index (χ4v) is 4.27. The van der Waals surface area contributed by atoms with Crippen LogP contribution in [0.5, 0.6) is 0 Å². The van der Waals surface area contributed by atoms with Crippen LogP contribution in [0.1, 0.15) is 23.3 Å². The summed E-state index contributed by atoms with van der Waals surface area (Å²) in [5.41, 5.74) is 1.36. The number of piperidine rings is 1. The number of carbonyl (C=O) groups is 2. The predicted octanol–water partition coefficient (Wildman–Crippen LogP) is 4.37. The summed E-state index contributed by atoms with van der Waals surface area (Å²) < 4.78 is 1.82. The zero-order valence-electron chi connectivity index (χ0n) is 15.9. The van der Waals surface area contributed by atoms with Gasteiger partial charge >= 0.3 is 0 Å². The summed E-state index contributed by atoms with van der Waals surface area (Å²) in [7, 11) is 1.84. The lowest BCUT2D eigenvalue weighted by molar-refractivity contribution is -0.121. The molecule has 3 heterocycles. The SMILES string of the molecule is Cn1c(C(=O)N2CCCC(C(=O)Nc3ccc(Cl)cn3)C2)c(Cl)c2ccccc21. The smallest absolute Gasteiger partial charge is 0.272 e. The van der Waals surface area contributed by atoms with Gasteiger partial charge in [-0.3, -0.25) is 9.59 Å². The number of para-hydroxylation sites is 1. The van der Waals surface area contributed by atoms with Gasteiger partial charge in [0.1, 0.15) is 11.5 Å². The minimum Gasteiger partial charge on any atom is -0.338 e. The lowest BCUT2D eigenvalue weighted by Gasteiger charge is -2.32. The molecule has 1 aliphatic rings. The van der Waals surface area contributed by atoms with Crippen LogP contribution < -0.4 is 5.32 Å². The van der Waals surface area contributed by atoms with Crippen LogP contribution in [0.25, 0.3) is 10.9 Å². The van der Waals surface area contributed by atoms with Crippen molar-refractivity contribution in [2.45, 2.75) is 12.8 Å². The molecule has 3 aromatic rings. The van der Waals surface area contributed by atoms with E-state index in [-0.39, 0.29) is 17.7 Å². The van der Waals surface area contributed by atoms with Crippen molar-refractivity contribution < 1.29 is 9.59 Å². The molecule has 1 N–H and O–H groups in total. The number of benzene rings is 1. The second-order valence-corrected chi connectivity index (χ2v) is 7.99. The molecule has 1 aromatic carbocycles. The Labute approximate surface area is 178 Å². The molecule has 0 aliphatic carbocycles. The molecule has 150 valence electrons. The summed E-state index contributed by atoms with van der Waals surface area (Å²) >= 11 is 12.4. The molecule has 0 radical (unpaired) electrons. The van der Waals surface area contributed by atoms with Gasteiger partial charge in [0.05, 0.1) is 16.0 Å². The van der Waals surface area contributed by atoms with E-state index in [1.807, 2.05) is 35.9 Å². The first-order chi connectivity index (χ1) is 14.0. The van der Waals surface area contributed by atoms with Gasteiger partial charge in [0.25, 0.3) is 5.91 Å². The topological polar surface area (TPSA) is 67.2 Å². The van der Waals surface area contributed by atoms with Crippen molar-refractivity contribution in [1.29, 1.82) is 0 Å². The maximum Gasteiger partial charge on any atom is 0.272 e. The minimum absolute atomic E-state index is 0.152. The number of hydrogen-bond donors (Lipinski definition) is 1. The molecule has 1 saturated heterocycles. The molecule has 2 aromatic heterocycles. The van der Waals surface area contributed by atoms with Gasteiger partial charge in [-0.1, -0.05) is 41.4 Å². The van der Waals surface area contributed by atoms with Gasteiger partial charge < -0.3 is 14.8 Å². The normalized spacial score (nSPS) is 16.8. The number of likely N-dealkylation sites (tertiary alicyclic amines) is 1. The van der Waals surface area contributed by atoms with Crippen LogP contribution in [0.2, 0.25) is 10.0 Å². The van der Waals surface area contributed by atoms with E-state index >= 15 is 0 Å². The third kappa shape index (κ3) is 3.82.